The van der Waals surface area contributed by atoms with Gasteiger partial charge in [0.05, 0.1) is 16.0 Å². The van der Waals surface area contributed by atoms with E-state index >= 15 is 0 Å². The molecule has 21 heavy (non-hydrogen) atoms. The maximum atomic E-state index is 12.3. The topological polar surface area (TPSA) is 38.3 Å². The van der Waals surface area contributed by atoms with Gasteiger partial charge < -0.3 is 10.1 Å². The van der Waals surface area contributed by atoms with Crippen LogP contribution >= 0.6 is 23.2 Å². The first-order valence-corrected chi connectivity index (χ1v) is 7.35. The van der Waals surface area contributed by atoms with E-state index < -0.39 is 0 Å². The third-order valence-corrected chi connectivity index (χ3v) is 4.18. The van der Waals surface area contributed by atoms with Crippen molar-refractivity contribution in [3.05, 3.63) is 58.1 Å². The highest BCUT2D eigenvalue weighted by Gasteiger charge is 2.25. The summed E-state index contributed by atoms with van der Waals surface area (Å²) in [5, 5.41) is 3.73. The zero-order chi connectivity index (χ0) is 14.8. The fraction of sp³-hybridized carbons (Fsp3) is 0.188. The Balaban J connectivity index is 1.70. The highest BCUT2D eigenvalue weighted by atomic mass is 35.5. The van der Waals surface area contributed by atoms with Crippen LogP contribution in [0.2, 0.25) is 10.0 Å². The van der Waals surface area contributed by atoms with Gasteiger partial charge in [0.25, 0.3) is 0 Å². The molecule has 5 heteroatoms. The number of hydrogen-bond donors (Lipinski definition) is 1. The number of rotatable bonds is 2. The number of ether oxygens (including phenoxy) is 1. The van der Waals surface area contributed by atoms with Crippen LogP contribution in [0.25, 0.3) is 0 Å². The van der Waals surface area contributed by atoms with E-state index in [9.17, 15) is 4.79 Å². The number of fused-ring (bicyclic) bond motifs is 1. The predicted molar refractivity (Wildman–Crippen MR) is 84.2 cm³/mol. The van der Waals surface area contributed by atoms with Crippen LogP contribution < -0.4 is 10.1 Å². The molecule has 0 aliphatic carbocycles. The molecule has 1 unspecified atom stereocenters. The summed E-state index contributed by atoms with van der Waals surface area (Å²) in [6.45, 7) is 0.379. The fourth-order valence-corrected chi connectivity index (χ4v) is 2.61. The normalized spacial score (nSPS) is 16.8. The summed E-state index contributed by atoms with van der Waals surface area (Å²) in [4.78, 5) is 12.3. The molecule has 0 bridgehead atoms. The molecule has 0 saturated carbocycles. The van der Waals surface area contributed by atoms with Crippen molar-refractivity contribution >= 4 is 34.8 Å². The summed E-state index contributed by atoms with van der Waals surface area (Å²) >= 11 is 11.8. The second-order valence-electron chi connectivity index (χ2n) is 4.94. The van der Waals surface area contributed by atoms with E-state index in [-0.39, 0.29) is 11.8 Å². The first-order valence-electron chi connectivity index (χ1n) is 6.60. The second-order valence-corrected chi connectivity index (χ2v) is 5.75. The SMILES string of the molecule is O=C(Nc1ccc(Cl)c(Cl)c1)C1COc2ccccc2C1. The van der Waals surface area contributed by atoms with Gasteiger partial charge >= 0.3 is 0 Å². The van der Waals surface area contributed by atoms with Crippen molar-refractivity contribution in [3.63, 3.8) is 0 Å². The molecule has 0 aromatic heterocycles. The lowest BCUT2D eigenvalue weighted by atomic mass is 9.96. The lowest BCUT2D eigenvalue weighted by Crippen LogP contribution is -2.32. The van der Waals surface area contributed by atoms with E-state index in [2.05, 4.69) is 5.32 Å². The van der Waals surface area contributed by atoms with Gasteiger partial charge in [-0.1, -0.05) is 41.4 Å². The molecule has 0 fully saturated rings. The molecule has 2 aromatic rings. The van der Waals surface area contributed by atoms with Gasteiger partial charge in [0.2, 0.25) is 5.91 Å². The van der Waals surface area contributed by atoms with Crippen LogP contribution in [0.4, 0.5) is 5.69 Å². The zero-order valence-corrected chi connectivity index (χ0v) is 12.6. The molecular weight excluding hydrogens is 309 g/mol. The van der Waals surface area contributed by atoms with Crippen LogP contribution in [0, 0.1) is 5.92 Å². The van der Waals surface area contributed by atoms with E-state index in [1.807, 2.05) is 24.3 Å². The van der Waals surface area contributed by atoms with Crippen LogP contribution in [0.3, 0.4) is 0 Å². The summed E-state index contributed by atoms with van der Waals surface area (Å²) in [7, 11) is 0. The van der Waals surface area contributed by atoms with Crippen LogP contribution in [-0.2, 0) is 11.2 Å². The van der Waals surface area contributed by atoms with Crippen LogP contribution in [-0.4, -0.2) is 12.5 Å². The van der Waals surface area contributed by atoms with Crippen molar-refractivity contribution in [1.82, 2.24) is 0 Å². The van der Waals surface area contributed by atoms with Crippen molar-refractivity contribution in [2.24, 2.45) is 5.92 Å². The summed E-state index contributed by atoms with van der Waals surface area (Å²) < 4.78 is 5.63. The summed E-state index contributed by atoms with van der Waals surface area (Å²) in [6.07, 6.45) is 0.670. The number of benzene rings is 2. The Morgan fingerprint density at radius 2 is 1.95 bits per heavy atom. The second kappa shape index (κ2) is 5.96. The third kappa shape index (κ3) is 3.14. The Hall–Kier alpha value is -1.71. The minimum Gasteiger partial charge on any atom is -0.492 e. The Morgan fingerprint density at radius 1 is 1.14 bits per heavy atom. The highest BCUT2D eigenvalue weighted by Crippen LogP contribution is 2.28. The fourth-order valence-electron chi connectivity index (χ4n) is 2.31. The van der Waals surface area contributed by atoms with Crippen LogP contribution in [0.5, 0.6) is 5.75 Å². The molecule has 1 N–H and O–H groups in total. The van der Waals surface area contributed by atoms with Gasteiger partial charge in [-0.3, -0.25) is 4.79 Å². The van der Waals surface area contributed by atoms with Crippen molar-refractivity contribution in [3.8, 4) is 5.75 Å². The summed E-state index contributed by atoms with van der Waals surface area (Å²) in [6, 6.07) is 12.8. The number of nitrogens with one attached hydrogen (secondary N) is 1. The van der Waals surface area contributed by atoms with Gasteiger partial charge in [0.1, 0.15) is 12.4 Å². The Bertz CT molecular complexity index is 688. The number of halogens is 2. The highest BCUT2D eigenvalue weighted by molar-refractivity contribution is 6.42. The Morgan fingerprint density at radius 3 is 2.76 bits per heavy atom. The van der Waals surface area contributed by atoms with E-state index in [0.29, 0.717) is 28.8 Å². The minimum absolute atomic E-state index is 0.0807. The quantitative estimate of drug-likeness (QED) is 0.900. The lowest BCUT2D eigenvalue weighted by Gasteiger charge is -2.24. The number of para-hydroxylation sites is 1. The molecular formula is C16H13Cl2NO2. The zero-order valence-electron chi connectivity index (χ0n) is 11.1. The summed E-state index contributed by atoms with van der Waals surface area (Å²) in [5.74, 6) is 0.563. The van der Waals surface area contributed by atoms with Crippen molar-refractivity contribution in [2.75, 3.05) is 11.9 Å². The Kier molecular flexibility index (Phi) is 4.04. The number of hydrogen-bond acceptors (Lipinski definition) is 2. The van der Waals surface area contributed by atoms with Gasteiger partial charge in [-0.05, 0) is 36.2 Å². The first-order chi connectivity index (χ1) is 10.1. The van der Waals surface area contributed by atoms with Gasteiger partial charge in [-0.2, -0.15) is 0 Å². The number of carbonyl (C=O) groups excluding carboxylic acids is 1. The molecule has 1 aliphatic rings. The molecule has 1 atom stereocenters. The van der Waals surface area contributed by atoms with E-state index in [1.165, 1.54) is 0 Å². The molecule has 3 nitrogen and oxygen atoms in total. The standard InChI is InChI=1S/C16H13Cl2NO2/c17-13-6-5-12(8-14(13)18)19-16(20)11-7-10-3-1-2-4-15(10)21-9-11/h1-6,8,11H,7,9H2,(H,19,20). The van der Waals surface area contributed by atoms with E-state index in [4.69, 9.17) is 27.9 Å². The number of amides is 1. The molecule has 2 aromatic carbocycles. The average Bonchev–Trinajstić information content (AvgIpc) is 2.50. The molecule has 1 aliphatic heterocycles. The van der Waals surface area contributed by atoms with Gasteiger partial charge in [-0.25, -0.2) is 0 Å². The molecule has 0 saturated heterocycles. The molecule has 108 valence electrons. The van der Waals surface area contributed by atoms with Crippen molar-refractivity contribution < 1.29 is 9.53 Å². The average molecular weight is 322 g/mol. The molecule has 1 heterocycles. The summed E-state index contributed by atoms with van der Waals surface area (Å²) in [5.41, 5.74) is 1.69. The van der Waals surface area contributed by atoms with Crippen molar-refractivity contribution in [1.29, 1.82) is 0 Å². The Labute approximate surface area is 132 Å². The molecule has 0 spiro atoms. The first kappa shape index (κ1) is 14.2. The van der Waals surface area contributed by atoms with Gasteiger partial charge in [-0.15, -0.1) is 0 Å². The van der Waals surface area contributed by atoms with E-state index in [1.54, 1.807) is 18.2 Å². The van der Waals surface area contributed by atoms with Crippen LogP contribution in [0.15, 0.2) is 42.5 Å². The maximum Gasteiger partial charge on any atom is 0.231 e. The van der Waals surface area contributed by atoms with Crippen LogP contribution in [0.1, 0.15) is 5.56 Å². The molecule has 0 radical (unpaired) electrons. The maximum absolute atomic E-state index is 12.3. The lowest BCUT2D eigenvalue weighted by molar-refractivity contribution is -0.121. The van der Waals surface area contributed by atoms with E-state index in [0.717, 1.165) is 11.3 Å². The third-order valence-electron chi connectivity index (χ3n) is 3.44. The molecule has 3 rings (SSSR count). The van der Waals surface area contributed by atoms with Gasteiger partial charge in [0.15, 0.2) is 0 Å². The molecule has 1 amide bonds. The number of carbonyl (C=O) groups is 1. The predicted octanol–water partition coefficient (Wildman–Crippen LogP) is 4.18. The van der Waals surface area contributed by atoms with Gasteiger partial charge in [0, 0.05) is 5.69 Å². The monoisotopic (exact) mass is 321 g/mol. The largest absolute Gasteiger partial charge is 0.492 e. The van der Waals surface area contributed by atoms with Crippen molar-refractivity contribution in [2.45, 2.75) is 6.42 Å². The minimum atomic E-state index is -0.214. The smallest absolute Gasteiger partial charge is 0.231 e. The number of anilines is 1.